The topological polar surface area (TPSA) is 58.4 Å². The SMILES string of the molecule is c1ccc(-c2ccccc2-c2nc(-n3c4ccccc4c4cc(-c5cccc6c7ccccc7n(-c7ccccc7)c56)ccc43)nc(-n3c4ccccc4c4cc(-c5cccc6c7ccccc7n(-c7ccccc7)c56)ccc43)n2)cc1. The van der Waals surface area contributed by atoms with Crippen molar-refractivity contribution >= 4 is 87.2 Å². The molecule has 5 heterocycles. The Bertz CT molecular complexity index is 5100. The zero-order valence-corrected chi connectivity index (χ0v) is 44.3. The van der Waals surface area contributed by atoms with Crippen LogP contribution in [0, 0.1) is 0 Å². The molecule has 0 spiro atoms. The fourth-order valence-corrected chi connectivity index (χ4v) is 13.1. The van der Waals surface area contributed by atoms with Gasteiger partial charge in [-0.1, -0.05) is 212 Å². The zero-order chi connectivity index (χ0) is 53.8. The van der Waals surface area contributed by atoms with Gasteiger partial charge in [0.25, 0.3) is 0 Å². The van der Waals surface area contributed by atoms with Gasteiger partial charge in [0.2, 0.25) is 11.9 Å². The maximum absolute atomic E-state index is 5.63. The molecule has 0 saturated heterocycles. The van der Waals surface area contributed by atoms with Crippen molar-refractivity contribution in [2.75, 3.05) is 0 Å². The van der Waals surface area contributed by atoms with Crippen molar-refractivity contribution in [1.29, 1.82) is 0 Å². The first-order chi connectivity index (χ1) is 40.7. The molecule has 82 heavy (non-hydrogen) atoms. The summed E-state index contributed by atoms with van der Waals surface area (Å²) in [5.74, 6) is 1.62. The highest BCUT2D eigenvalue weighted by Crippen LogP contribution is 2.44. The van der Waals surface area contributed by atoms with Gasteiger partial charge in [0.05, 0.1) is 44.1 Å². The van der Waals surface area contributed by atoms with Gasteiger partial charge in [-0.05, 0) is 95.1 Å². The van der Waals surface area contributed by atoms with E-state index in [9.17, 15) is 0 Å². The maximum Gasteiger partial charge on any atom is 0.240 e. The molecule has 7 nitrogen and oxygen atoms in total. The van der Waals surface area contributed by atoms with Crippen LogP contribution in [0.1, 0.15) is 0 Å². The van der Waals surface area contributed by atoms with Crippen LogP contribution in [0.25, 0.3) is 155 Å². The van der Waals surface area contributed by atoms with E-state index in [2.05, 4.69) is 303 Å². The Morgan fingerprint density at radius 3 is 1.01 bits per heavy atom. The third-order valence-corrected chi connectivity index (χ3v) is 16.7. The highest BCUT2D eigenvalue weighted by Gasteiger charge is 2.25. The summed E-state index contributed by atoms with van der Waals surface area (Å²) in [7, 11) is 0. The summed E-state index contributed by atoms with van der Waals surface area (Å²) in [6.07, 6.45) is 0. The molecule has 12 aromatic carbocycles. The van der Waals surface area contributed by atoms with Crippen LogP contribution in [0.2, 0.25) is 0 Å². The minimum absolute atomic E-state index is 0.524. The summed E-state index contributed by atoms with van der Waals surface area (Å²) < 4.78 is 9.29. The number of hydrogen-bond donors (Lipinski definition) is 0. The first-order valence-corrected chi connectivity index (χ1v) is 27.9. The zero-order valence-electron chi connectivity index (χ0n) is 44.3. The Morgan fingerprint density at radius 2 is 0.549 bits per heavy atom. The van der Waals surface area contributed by atoms with Crippen LogP contribution in [-0.4, -0.2) is 33.2 Å². The lowest BCUT2D eigenvalue weighted by Gasteiger charge is -2.15. The molecule has 0 atom stereocenters. The molecule has 0 aliphatic heterocycles. The second-order valence-electron chi connectivity index (χ2n) is 21.1. The van der Waals surface area contributed by atoms with E-state index in [1.54, 1.807) is 0 Å². The van der Waals surface area contributed by atoms with Crippen molar-refractivity contribution in [2.45, 2.75) is 0 Å². The Balaban J connectivity index is 0.900. The van der Waals surface area contributed by atoms with E-state index in [0.717, 1.165) is 93.9 Å². The molecular weight excluding hydrogens is 999 g/mol. The number of para-hydroxylation sites is 8. The minimum Gasteiger partial charge on any atom is -0.309 e. The van der Waals surface area contributed by atoms with Crippen molar-refractivity contribution in [2.24, 2.45) is 0 Å². The average Bonchev–Trinajstić information content (AvgIpc) is 4.00. The van der Waals surface area contributed by atoms with Gasteiger partial charge < -0.3 is 9.13 Å². The molecule has 0 aliphatic carbocycles. The van der Waals surface area contributed by atoms with Crippen molar-refractivity contribution in [3.05, 3.63) is 285 Å². The molecule has 0 amide bonds. The van der Waals surface area contributed by atoms with Gasteiger partial charge in [-0.2, -0.15) is 15.0 Å². The Labute approximate surface area is 471 Å². The molecule has 382 valence electrons. The van der Waals surface area contributed by atoms with Crippen LogP contribution in [-0.2, 0) is 0 Å². The molecule has 5 aromatic heterocycles. The fourth-order valence-electron chi connectivity index (χ4n) is 13.1. The third-order valence-electron chi connectivity index (χ3n) is 16.7. The summed E-state index contributed by atoms with van der Waals surface area (Å²) in [6.45, 7) is 0. The van der Waals surface area contributed by atoms with Gasteiger partial charge in [0.1, 0.15) is 0 Å². The van der Waals surface area contributed by atoms with Crippen LogP contribution in [0.3, 0.4) is 0 Å². The predicted octanol–water partition coefficient (Wildman–Crippen LogP) is 18.9. The molecule has 17 aromatic rings. The Kier molecular flexibility index (Phi) is 10.2. The summed E-state index contributed by atoms with van der Waals surface area (Å²) >= 11 is 0. The smallest absolute Gasteiger partial charge is 0.240 e. The number of aromatic nitrogens is 7. The lowest BCUT2D eigenvalue weighted by molar-refractivity contribution is 0.893. The lowest BCUT2D eigenvalue weighted by atomic mass is 9.99. The molecule has 0 fully saturated rings. The highest BCUT2D eigenvalue weighted by atomic mass is 15.3. The van der Waals surface area contributed by atoms with E-state index in [-0.39, 0.29) is 0 Å². The van der Waals surface area contributed by atoms with Gasteiger partial charge in [-0.15, -0.1) is 0 Å². The van der Waals surface area contributed by atoms with E-state index in [1.165, 1.54) is 43.6 Å². The number of hydrogen-bond acceptors (Lipinski definition) is 3. The van der Waals surface area contributed by atoms with Gasteiger partial charge in [0, 0.05) is 71.2 Å². The molecule has 0 bridgehead atoms. The van der Waals surface area contributed by atoms with Crippen molar-refractivity contribution < 1.29 is 0 Å². The van der Waals surface area contributed by atoms with Crippen LogP contribution in [0.4, 0.5) is 0 Å². The molecule has 0 N–H and O–H groups in total. The van der Waals surface area contributed by atoms with Crippen molar-refractivity contribution in [3.63, 3.8) is 0 Å². The number of benzene rings is 12. The molecule has 7 heteroatoms. The van der Waals surface area contributed by atoms with Gasteiger partial charge in [0.15, 0.2) is 5.82 Å². The largest absolute Gasteiger partial charge is 0.309 e. The number of rotatable bonds is 8. The maximum atomic E-state index is 5.63. The van der Waals surface area contributed by atoms with Crippen LogP contribution in [0.15, 0.2) is 285 Å². The average molecular weight is 1050 g/mol. The standard InChI is InChI=1S/C75H47N7/c1-4-22-48(23-5-1)53-28-10-11-33-62(53)73-76-74(81-67-40-18-14-31-58(67)63-46-49(42-44-69(63)81)54-34-20-36-60-56-29-12-16-38-65(56)79(71(54)60)51-24-6-2-7-25-51)78-75(77-73)82-68-41-19-15-32-59(68)64-47-50(43-45-70(64)82)55-35-21-37-61-57-30-13-17-39-66(57)80(72(55)61)52-26-8-3-9-27-52/h1-47H. The monoisotopic (exact) mass is 1050 g/mol. The molecule has 0 unspecified atom stereocenters. The summed E-state index contributed by atoms with van der Waals surface area (Å²) in [4.78, 5) is 16.7. The second kappa shape index (κ2) is 18.2. The normalized spacial score (nSPS) is 11.9. The lowest BCUT2D eigenvalue weighted by Crippen LogP contribution is -2.10. The Morgan fingerprint density at radius 1 is 0.207 bits per heavy atom. The predicted molar refractivity (Wildman–Crippen MR) is 339 cm³/mol. The Hall–Kier alpha value is -11.2. The van der Waals surface area contributed by atoms with Crippen LogP contribution >= 0.6 is 0 Å². The molecule has 0 saturated carbocycles. The van der Waals surface area contributed by atoms with E-state index >= 15 is 0 Å². The quantitative estimate of drug-likeness (QED) is 0.152. The van der Waals surface area contributed by atoms with Crippen LogP contribution in [0.5, 0.6) is 0 Å². The molecule has 17 rings (SSSR count). The van der Waals surface area contributed by atoms with E-state index in [1.807, 2.05) is 0 Å². The number of nitrogens with zero attached hydrogens (tertiary/aromatic N) is 7. The van der Waals surface area contributed by atoms with E-state index < -0.39 is 0 Å². The van der Waals surface area contributed by atoms with Gasteiger partial charge in [-0.3, -0.25) is 9.13 Å². The summed E-state index contributed by atoms with van der Waals surface area (Å²) in [5, 5.41) is 9.29. The van der Waals surface area contributed by atoms with Crippen molar-refractivity contribution in [3.8, 4) is 68.0 Å². The first-order valence-electron chi connectivity index (χ1n) is 27.9. The number of fused-ring (bicyclic) bond motifs is 12. The summed E-state index contributed by atoms with van der Waals surface area (Å²) in [6, 6.07) is 102. The third kappa shape index (κ3) is 6.93. The second-order valence-corrected chi connectivity index (χ2v) is 21.1. The van der Waals surface area contributed by atoms with Gasteiger partial charge >= 0.3 is 0 Å². The van der Waals surface area contributed by atoms with Crippen molar-refractivity contribution in [1.82, 2.24) is 33.2 Å². The van der Waals surface area contributed by atoms with Gasteiger partial charge in [-0.25, -0.2) is 0 Å². The van der Waals surface area contributed by atoms with E-state index in [0.29, 0.717) is 17.7 Å². The molecular formula is C75H47N7. The van der Waals surface area contributed by atoms with Crippen LogP contribution < -0.4 is 0 Å². The summed E-state index contributed by atoms with van der Waals surface area (Å²) in [5.41, 5.74) is 18.5. The molecule has 0 aliphatic rings. The fraction of sp³-hybridized carbons (Fsp3) is 0. The highest BCUT2D eigenvalue weighted by molar-refractivity contribution is 6.17. The van der Waals surface area contributed by atoms with E-state index in [4.69, 9.17) is 15.0 Å². The molecule has 0 radical (unpaired) electrons. The first kappa shape index (κ1) is 45.8. The minimum atomic E-state index is 0.524.